The summed E-state index contributed by atoms with van der Waals surface area (Å²) in [5.41, 5.74) is 0. The average molecular weight is 671 g/mol. The summed E-state index contributed by atoms with van der Waals surface area (Å²) >= 11 is 0. The van der Waals surface area contributed by atoms with Gasteiger partial charge in [0.25, 0.3) is 0 Å². The molecular weight excluding hydrogens is 604 g/mol. The standard InChI is InChI=1S/C33H66O13/c1-3-5-7-8-9-33(34)46-32-31-45-30-29-44-28-27-43-26-25-42-24-23-41-22-21-40-20-19-39-18-17-38-16-15-37-14-13-36-12-11-35-10-6-4-2/h3-32H2,1-2H3. The maximum atomic E-state index is 11.5. The second-order valence-electron chi connectivity index (χ2n) is 10.1. The predicted molar refractivity (Wildman–Crippen MR) is 174 cm³/mol. The van der Waals surface area contributed by atoms with Crippen molar-refractivity contribution in [2.24, 2.45) is 0 Å². The lowest BCUT2D eigenvalue weighted by molar-refractivity contribution is -0.145. The molecule has 0 aromatic rings. The van der Waals surface area contributed by atoms with E-state index in [2.05, 4.69) is 13.8 Å². The van der Waals surface area contributed by atoms with Crippen LogP contribution >= 0.6 is 0 Å². The van der Waals surface area contributed by atoms with E-state index in [1.807, 2.05) is 0 Å². The zero-order chi connectivity index (χ0) is 33.3. The Labute approximate surface area is 278 Å². The molecule has 0 amide bonds. The Morgan fingerprint density at radius 1 is 0.304 bits per heavy atom. The van der Waals surface area contributed by atoms with E-state index in [4.69, 9.17) is 56.8 Å². The molecule has 0 rings (SSSR count). The number of unbranched alkanes of at least 4 members (excludes halogenated alkanes) is 4. The quantitative estimate of drug-likeness (QED) is 0.0696. The van der Waals surface area contributed by atoms with E-state index < -0.39 is 0 Å². The topological polar surface area (TPSA) is 128 Å². The third kappa shape index (κ3) is 41.1. The SMILES string of the molecule is CCCCCCC(=O)OCCOCCOCCOCCOCCOCCOCCOCCOCCOCCOCCOCCCC. The lowest BCUT2D eigenvalue weighted by atomic mass is 10.2. The summed E-state index contributed by atoms with van der Waals surface area (Å²) in [6.45, 7) is 16.2. The maximum absolute atomic E-state index is 11.5. The second kappa shape index (κ2) is 42.1. The van der Waals surface area contributed by atoms with E-state index in [1.165, 1.54) is 0 Å². The molecule has 13 nitrogen and oxygen atoms in total. The summed E-state index contributed by atoms with van der Waals surface area (Å²) in [6, 6.07) is 0. The molecule has 0 aromatic heterocycles. The third-order valence-electron chi connectivity index (χ3n) is 6.09. The fraction of sp³-hybridized carbons (Fsp3) is 0.970. The van der Waals surface area contributed by atoms with Gasteiger partial charge in [-0.15, -0.1) is 0 Å². The Morgan fingerprint density at radius 2 is 0.565 bits per heavy atom. The van der Waals surface area contributed by atoms with Crippen LogP contribution in [0.3, 0.4) is 0 Å². The molecule has 0 saturated heterocycles. The summed E-state index contributed by atoms with van der Waals surface area (Å²) in [5, 5.41) is 0. The minimum absolute atomic E-state index is 0.151. The first kappa shape index (κ1) is 45.0. The lowest BCUT2D eigenvalue weighted by Gasteiger charge is -2.09. The smallest absolute Gasteiger partial charge is 0.305 e. The van der Waals surface area contributed by atoms with Crippen molar-refractivity contribution in [3.8, 4) is 0 Å². The fourth-order valence-corrected chi connectivity index (χ4v) is 3.53. The van der Waals surface area contributed by atoms with Gasteiger partial charge in [-0.1, -0.05) is 39.5 Å². The molecule has 0 bridgehead atoms. The molecule has 0 heterocycles. The van der Waals surface area contributed by atoms with Crippen LogP contribution in [-0.4, -0.2) is 158 Å². The summed E-state index contributed by atoms with van der Waals surface area (Å²) in [5.74, 6) is -0.151. The molecule has 0 fully saturated rings. The Balaban J connectivity index is 3.07. The van der Waals surface area contributed by atoms with Crippen molar-refractivity contribution in [1.29, 1.82) is 0 Å². The van der Waals surface area contributed by atoms with Gasteiger partial charge < -0.3 is 56.8 Å². The van der Waals surface area contributed by atoms with Crippen LogP contribution in [0, 0.1) is 0 Å². The molecule has 276 valence electrons. The van der Waals surface area contributed by atoms with E-state index in [9.17, 15) is 4.79 Å². The molecule has 0 aliphatic carbocycles. The Morgan fingerprint density at radius 3 is 0.848 bits per heavy atom. The molecule has 0 aliphatic heterocycles. The van der Waals surface area contributed by atoms with Gasteiger partial charge in [-0.3, -0.25) is 4.79 Å². The number of esters is 1. The van der Waals surface area contributed by atoms with Crippen molar-refractivity contribution in [2.75, 3.05) is 152 Å². The normalized spacial score (nSPS) is 11.4. The summed E-state index contributed by atoms with van der Waals surface area (Å²) < 4.78 is 65.1. The Hall–Kier alpha value is -0.970. The molecule has 0 N–H and O–H groups in total. The van der Waals surface area contributed by atoms with Gasteiger partial charge in [0, 0.05) is 13.0 Å². The van der Waals surface area contributed by atoms with Gasteiger partial charge in [0.15, 0.2) is 0 Å². The molecule has 0 aromatic carbocycles. The van der Waals surface area contributed by atoms with E-state index in [1.54, 1.807) is 0 Å². The van der Waals surface area contributed by atoms with Crippen molar-refractivity contribution in [3.63, 3.8) is 0 Å². The van der Waals surface area contributed by atoms with Gasteiger partial charge >= 0.3 is 5.97 Å². The maximum Gasteiger partial charge on any atom is 0.305 e. The average Bonchev–Trinajstić information content (AvgIpc) is 3.06. The largest absolute Gasteiger partial charge is 0.463 e. The summed E-state index contributed by atoms with van der Waals surface area (Å²) in [4.78, 5) is 11.5. The van der Waals surface area contributed by atoms with Crippen molar-refractivity contribution in [1.82, 2.24) is 0 Å². The number of carbonyl (C=O) groups is 1. The first-order valence-electron chi connectivity index (χ1n) is 17.3. The molecule has 46 heavy (non-hydrogen) atoms. The molecule has 0 spiro atoms. The van der Waals surface area contributed by atoms with Crippen LogP contribution in [0.1, 0.15) is 58.8 Å². The highest BCUT2D eigenvalue weighted by atomic mass is 16.6. The van der Waals surface area contributed by atoms with E-state index in [0.29, 0.717) is 145 Å². The van der Waals surface area contributed by atoms with Crippen LogP contribution in [-0.2, 0) is 61.6 Å². The minimum Gasteiger partial charge on any atom is -0.463 e. The van der Waals surface area contributed by atoms with Crippen LogP contribution in [0.4, 0.5) is 0 Å². The number of hydrogen-bond donors (Lipinski definition) is 0. The Kier molecular flexibility index (Phi) is 41.2. The lowest BCUT2D eigenvalue weighted by Crippen LogP contribution is -2.15. The van der Waals surface area contributed by atoms with E-state index in [0.717, 1.165) is 45.1 Å². The van der Waals surface area contributed by atoms with Gasteiger partial charge in [0.2, 0.25) is 0 Å². The zero-order valence-electron chi connectivity index (χ0n) is 29.0. The van der Waals surface area contributed by atoms with Crippen LogP contribution in [0.5, 0.6) is 0 Å². The molecule has 13 heteroatoms. The van der Waals surface area contributed by atoms with Crippen LogP contribution in [0.25, 0.3) is 0 Å². The summed E-state index contributed by atoms with van der Waals surface area (Å²) in [7, 11) is 0. The monoisotopic (exact) mass is 670 g/mol. The first-order chi connectivity index (χ1) is 22.8. The van der Waals surface area contributed by atoms with Gasteiger partial charge in [-0.05, 0) is 12.8 Å². The molecule has 0 atom stereocenters. The molecular formula is C33H66O13. The first-order valence-corrected chi connectivity index (χ1v) is 17.3. The zero-order valence-corrected chi connectivity index (χ0v) is 29.0. The second-order valence-corrected chi connectivity index (χ2v) is 10.1. The van der Waals surface area contributed by atoms with Gasteiger partial charge in [-0.25, -0.2) is 0 Å². The van der Waals surface area contributed by atoms with Crippen LogP contribution in [0.2, 0.25) is 0 Å². The van der Waals surface area contributed by atoms with Crippen molar-refractivity contribution in [3.05, 3.63) is 0 Å². The summed E-state index contributed by atoms with van der Waals surface area (Å²) in [6.07, 6.45) is 7.00. The number of hydrogen-bond acceptors (Lipinski definition) is 13. The van der Waals surface area contributed by atoms with E-state index >= 15 is 0 Å². The number of rotatable bonds is 41. The molecule has 0 saturated carbocycles. The molecule has 0 unspecified atom stereocenters. The van der Waals surface area contributed by atoms with E-state index in [-0.39, 0.29) is 12.6 Å². The Bertz CT molecular complexity index is 572. The van der Waals surface area contributed by atoms with Crippen LogP contribution < -0.4 is 0 Å². The van der Waals surface area contributed by atoms with Crippen molar-refractivity contribution in [2.45, 2.75) is 58.8 Å². The molecule has 0 aliphatic rings. The van der Waals surface area contributed by atoms with Crippen molar-refractivity contribution < 1.29 is 61.6 Å². The number of carbonyl (C=O) groups excluding carboxylic acids is 1. The van der Waals surface area contributed by atoms with Gasteiger partial charge in [0.1, 0.15) is 6.61 Å². The highest BCUT2D eigenvalue weighted by molar-refractivity contribution is 5.69. The van der Waals surface area contributed by atoms with Crippen molar-refractivity contribution >= 4 is 5.97 Å². The fourth-order valence-electron chi connectivity index (χ4n) is 3.53. The van der Waals surface area contributed by atoms with Gasteiger partial charge in [-0.2, -0.15) is 0 Å². The van der Waals surface area contributed by atoms with Gasteiger partial charge in [0.05, 0.1) is 139 Å². The molecule has 0 radical (unpaired) electrons. The minimum atomic E-state index is -0.151. The third-order valence-corrected chi connectivity index (χ3v) is 6.09. The number of ether oxygens (including phenoxy) is 12. The highest BCUT2D eigenvalue weighted by Crippen LogP contribution is 2.03. The predicted octanol–water partition coefficient (Wildman–Crippen LogP) is 3.48. The highest BCUT2D eigenvalue weighted by Gasteiger charge is 2.02. The van der Waals surface area contributed by atoms with Crippen LogP contribution in [0.15, 0.2) is 0 Å².